The van der Waals surface area contributed by atoms with Gasteiger partial charge < -0.3 is 5.32 Å². The van der Waals surface area contributed by atoms with Gasteiger partial charge >= 0.3 is 0 Å². The first-order chi connectivity index (χ1) is 8.33. The minimum absolute atomic E-state index is 0.783. The zero-order valence-electron chi connectivity index (χ0n) is 9.24. The van der Waals surface area contributed by atoms with Crippen molar-refractivity contribution in [2.45, 2.75) is 17.2 Å². The molecular formula is C14H12ClNS. The molecule has 1 aliphatic heterocycles. The van der Waals surface area contributed by atoms with Crippen LogP contribution in [0.15, 0.2) is 47.4 Å². The third kappa shape index (κ3) is 2.28. The van der Waals surface area contributed by atoms with Gasteiger partial charge in [-0.25, -0.2) is 0 Å². The number of fused-ring (bicyclic) bond motifs is 2. The van der Waals surface area contributed by atoms with Crippen molar-refractivity contribution in [1.82, 2.24) is 0 Å². The van der Waals surface area contributed by atoms with Crippen LogP contribution in [-0.2, 0) is 12.3 Å². The van der Waals surface area contributed by atoms with Gasteiger partial charge in [0.05, 0.1) is 0 Å². The number of nitrogens with one attached hydrogen (secondary N) is 1. The molecule has 1 heterocycles. The maximum Gasteiger partial charge on any atom is 0.0496 e. The summed E-state index contributed by atoms with van der Waals surface area (Å²) in [6.45, 7) is 0.865. The van der Waals surface area contributed by atoms with Gasteiger partial charge in [0.2, 0.25) is 0 Å². The largest absolute Gasteiger partial charge is 0.380 e. The van der Waals surface area contributed by atoms with E-state index in [1.165, 1.54) is 16.0 Å². The number of rotatable bonds is 0. The highest BCUT2D eigenvalue weighted by Crippen LogP contribution is 2.35. The Hall–Kier alpha value is -1.12. The first kappa shape index (κ1) is 11.0. The second-order valence-electron chi connectivity index (χ2n) is 4.05. The van der Waals surface area contributed by atoms with Gasteiger partial charge in [-0.2, -0.15) is 0 Å². The molecule has 2 aromatic carbocycles. The third-order valence-corrected chi connectivity index (χ3v) is 4.27. The van der Waals surface area contributed by atoms with Crippen LogP contribution < -0.4 is 5.32 Å². The molecule has 1 N–H and O–H groups in total. The van der Waals surface area contributed by atoms with E-state index in [0.717, 1.165) is 23.0 Å². The van der Waals surface area contributed by atoms with Crippen LogP contribution in [0.25, 0.3) is 0 Å². The SMILES string of the molecule is Clc1ccc2c(c1)NCc1ccccc1CS2. The summed E-state index contributed by atoms with van der Waals surface area (Å²) in [5.74, 6) is 1.02. The highest BCUT2D eigenvalue weighted by molar-refractivity contribution is 7.98. The predicted octanol–water partition coefficient (Wildman–Crippen LogP) is 4.56. The topological polar surface area (TPSA) is 12.0 Å². The Bertz CT molecular complexity index is 554. The van der Waals surface area contributed by atoms with E-state index in [1.807, 2.05) is 23.9 Å². The standard InChI is InChI=1S/C14H12ClNS/c15-12-5-6-14-13(7-12)16-8-10-3-1-2-4-11(10)9-17-14/h1-7,16H,8-9H2. The second kappa shape index (κ2) is 4.63. The molecule has 3 heteroatoms. The molecule has 0 unspecified atom stereocenters. The van der Waals surface area contributed by atoms with Crippen LogP contribution in [0.5, 0.6) is 0 Å². The van der Waals surface area contributed by atoms with Crippen LogP contribution in [0, 0.1) is 0 Å². The molecule has 0 saturated carbocycles. The molecule has 17 heavy (non-hydrogen) atoms. The minimum atomic E-state index is 0.783. The molecule has 0 amide bonds. The highest BCUT2D eigenvalue weighted by Gasteiger charge is 2.10. The van der Waals surface area contributed by atoms with Gasteiger partial charge in [0.25, 0.3) is 0 Å². The molecule has 2 aromatic rings. The normalized spacial score (nSPS) is 13.9. The van der Waals surface area contributed by atoms with E-state index < -0.39 is 0 Å². The van der Waals surface area contributed by atoms with E-state index in [1.54, 1.807) is 0 Å². The lowest BCUT2D eigenvalue weighted by Crippen LogP contribution is -2.05. The summed E-state index contributed by atoms with van der Waals surface area (Å²) in [7, 11) is 0. The number of halogens is 1. The fourth-order valence-electron chi connectivity index (χ4n) is 1.98. The third-order valence-electron chi connectivity index (χ3n) is 2.91. The van der Waals surface area contributed by atoms with Crippen molar-refractivity contribution < 1.29 is 0 Å². The zero-order valence-corrected chi connectivity index (χ0v) is 10.8. The lowest BCUT2D eigenvalue weighted by atomic mass is 10.1. The maximum atomic E-state index is 6.02. The number of hydrogen-bond donors (Lipinski definition) is 1. The average Bonchev–Trinajstić information content (AvgIpc) is 2.33. The van der Waals surface area contributed by atoms with Crippen LogP contribution in [0.3, 0.4) is 0 Å². The molecule has 0 spiro atoms. The van der Waals surface area contributed by atoms with E-state index >= 15 is 0 Å². The van der Waals surface area contributed by atoms with Gasteiger partial charge in [0.1, 0.15) is 0 Å². The van der Waals surface area contributed by atoms with E-state index in [2.05, 4.69) is 35.6 Å². The smallest absolute Gasteiger partial charge is 0.0496 e. The van der Waals surface area contributed by atoms with Gasteiger partial charge in [0, 0.05) is 27.9 Å². The van der Waals surface area contributed by atoms with Gasteiger partial charge in [-0.15, -0.1) is 11.8 Å². The number of thioether (sulfide) groups is 1. The Morgan fingerprint density at radius 1 is 1.06 bits per heavy atom. The van der Waals surface area contributed by atoms with Gasteiger partial charge in [-0.3, -0.25) is 0 Å². The molecular weight excluding hydrogens is 250 g/mol. The fourth-order valence-corrected chi connectivity index (χ4v) is 3.20. The molecule has 0 aliphatic carbocycles. The summed E-state index contributed by atoms with van der Waals surface area (Å²) >= 11 is 7.87. The molecule has 0 atom stereocenters. The summed E-state index contributed by atoms with van der Waals surface area (Å²) in [6, 6.07) is 14.6. The van der Waals surface area contributed by atoms with E-state index in [-0.39, 0.29) is 0 Å². The Kier molecular flexibility index (Phi) is 3.00. The second-order valence-corrected chi connectivity index (χ2v) is 5.51. The summed E-state index contributed by atoms with van der Waals surface area (Å²) < 4.78 is 0. The van der Waals surface area contributed by atoms with Crippen molar-refractivity contribution in [2.75, 3.05) is 5.32 Å². The maximum absolute atomic E-state index is 6.02. The predicted molar refractivity (Wildman–Crippen MR) is 74.8 cm³/mol. The molecule has 0 saturated heterocycles. The molecule has 0 radical (unpaired) electrons. The van der Waals surface area contributed by atoms with Crippen molar-refractivity contribution in [2.24, 2.45) is 0 Å². The van der Waals surface area contributed by atoms with Crippen molar-refractivity contribution in [3.63, 3.8) is 0 Å². The molecule has 1 aliphatic rings. The Balaban J connectivity index is 1.97. The van der Waals surface area contributed by atoms with Crippen LogP contribution in [-0.4, -0.2) is 0 Å². The van der Waals surface area contributed by atoms with Crippen molar-refractivity contribution in [1.29, 1.82) is 0 Å². The zero-order chi connectivity index (χ0) is 11.7. The molecule has 3 rings (SSSR count). The average molecular weight is 262 g/mol. The Labute approximate surface area is 110 Å². The first-order valence-corrected chi connectivity index (χ1v) is 6.92. The molecule has 0 bridgehead atoms. The van der Waals surface area contributed by atoms with Crippen molar-refractivity contribution in [3.05, 3.63) is 58.6 Å². The Morgan fingerprint density at radius 3 is 2.76 bits per heavy atom. The van der Waals surface area contributed by atoms with Crippen molar-refractivity contribution in [3.8, 4) is 0 Å². The molecule has 86 valence electrons. The van der Waals surface area contributed by atoms with Gasteiger partial charge in [0.15, 0.2) is 0 Å². The molecule has 1 nitrogen and oxygen atoms in total. The summed E-state index contributed by atoms with van der Waals surface area (Å²) in [5, 5.41) is 4.24. The lowest BCUT2D eigenvalue weighted by molar-refractivity contribution is 1.09. The molecule has 0 aromatic heterocycles. The van der Waals surface area contributed by atoms with Crippen LogP contribution in [0.1, 0.15) is 11.1 Å². The lowest BCUT2D eigenvalue weighted by Gasteiger charge is -2.18. The van der Waals surface area contributed by atoms with Crippen LogP contribution in [0.2, 0.25) is 5.02 Å². The van der Waals surface area contributed by atoms with Crippen molar-refractivity contribution >= 4 is 29.1 Å². The highest BCUT2D eigenvalue weighted by atomic mass is 35.5. The van der Waals surface area contributed by atoms with E-state index in [0.29, 0.717) is 0 Å². The number of benzene rings is 2. The minimum Gasteiger partial charge on any atom is -0.380 e. The fraction of sp³-hybridized carbons (Fsp3) is 0.143. The first-order valence-electron chi connectivity index (χ1n) is 5.56. The van der Waals surface area contributed by atoms with Crippen LogP contribution in [0.4, 0.5) is 5.69 Å². The van der Waals surface area contributed by atoms with E-state index in [9.17, 15) is 0 Å². The van der Waals surface area contributed by atoms with E-state index in [4.69, 9.17) is 11.6 Å². The summed E-state index contributed by atoms with van der Waals surface area (Å²) in [6.07, 6.45) is 0. The monoisotopic (exact) mass is 261 g/mol. The summed E-state index contributed by atoms with van der Waals surface area (Å²) in [4.78, 5) is 1.27. The van der Waals surface area contributed by atoms with Gasteiger partial charge in [-0.05, 0) is 29.3 Å². The molecule has 0 fully saturated rings. The Morgan fingerprint density at radius 2 is 1.88 bits per heavy atom. The van der Waals surface area contributed by atoms with Crippen LogP contribution >= 0.6 is 23.4 Å². The number of hydrogen-bond acceptors (Lipinski definition) is 2. The summed E-state index contributed by atoms with van der Waals surface area (Å²) in [5.41, 5.74) is 3.91. The van der Waals surface area contributed by atoms with Gasteiger partial charge in [-0.1, -0.05) is 35.9 Å². The number of anilines is 1. The quantitative estimate of drug-likeness (QED) is 0.746.